The summed E-state index contributed by atoms with van der Waals surface area (Å²) >= 11 is 0. The highest BCUT2D eigenvalue weighted by atomic mass is 16.1. The van der Waals surface area contributed by atoms with Crippen molar-refractivity contribution in [2.45, 2.75) is 13.8 Å². The number of hydrogen-bond acceptors (Lipinski definition) is 2. The molecule has 1 heterocycles. The third kappa shape index (κ3) is 2.18. The van der Waals surface area contributed by atoms with Crippen LogP contribution in [0.2, 0.25) is 0 Å². The Labute approximate surface area is 99.1 Å². The highest BCUT2D eigenvalue weighted by molar-refractivity contribution is 6.09. The zero-order chi connectivity index (χ0) is 12.4. The molecule has 1 aromatic heterocycles. The lowest BCUT2D eigenvalue weighted by Gasteiger charge is -2.05. The van der Waals surface area contributed by atoms with Gasteiger partial charge in [-0.25, -0.2) is 0 Å². The molecule has 1 N–H and O–H groups in total. The lowest BCUT2D eigenvalue weighted by atomic mass is 10.0. The van der Waals surface area contributed by atoms with Crippen LogP contribution in [0.4, 0.5) is 0 Å². The summed E-state index contributed by atoms with van der Waals surface area (Å²) in [6.45, 7) is 3.57. The fraction of sp³-hybridized carbons (Fsp3) is 0.143. The highest BCUT2D eigenvalue weighted by Crippen LogP contribution is 2.10. The van der Waals surface area contributed by atoms with Gasteiger partial charge in [-0.15, -0.1) is 0 Å². The minimum Gasteiger partial charge on any atom is -0.326 e. The van der Waals surface area contributed by atoms with E-state index in [-0.39, 0.29) is 16.9 Å². The number of pyridine rings is 1. The lowest BCUT2D eigenvalue weighted by Crippen LogP contribution is -2.21. The molecule has 0 aliphatic carbocycles. The summed E-state index contributed by atoms with van der Waals surface area (Å²) in [4.78, 5) is 26.6. The molecule has 3 nitrogen and oxygen atoms in total. The van der Waals surface area contributed by atoms with Gasteiger partial charge in [0.05, 0.1) is 5.56 Å². The van der Waals surface area contributed by atoms with Crippen LogP contribution < -0.4 is 5.56 Å². The van der Waals surface area contributed by atoms with Gasteiger partial charge in [-0.3, -0.25) is 9.59 Å². The second kappa shape index (κ2) is 4.37. The van der Waals surface area contributed by atoms with Crippen LogP contribution in [0.5, 0.6) is 0 Å². The molecule has 17 heavy (non-hydrogen) atoms. The SMILES string of the molecule is Cc1cc(C)c(C(=O)c2ccccc2)c(=O)[nH]1. The maximum atomic E-state index is 12.2. The van der Waals surface area contributed by atoms with Crippen LogP contribution in [0.1, 0.15) is 27.2 Å². The number of ketones is 1. The smallest absolute Gasteiger partial charge is 0.259 e. The van der Waals surface area contributed by atoms with Crippen molar-refractivity contribution in [1.29, 1.82) is 0 Å². The summed E-state index contributed by atoms with van der Waals surface area (Å²) in [6, 6.07) is 10.6. The number of nitrogens with one attached hydrogen (secondary N) is 1. The van der Waals surface area contributed by atoms with Crippen molar-refractivity contribution in [3.05, 3.63) is 69.1 Å². The third-order valence-electron chi connectivity index (χ3n) is 2.63. The average Bonchev–Trinajstić information content (AvgIpc) is 2.28. The number of carbonyl (C=O) groups excluding carboxylic acids is 1. The zero-order valence-electron chi connectivity index (χ0n) is 9.78. The Balaban J connectivity index is 2.56. The number of H-pyrrole nitrogens is 1. The molecule has 0 saturated carbocycles. The molecule has 0 spiro atoms. The summed E-state index contributed by atoms with van der Waals surface area (Å²) in [5, 5.41) is 0. The Hall–Kier alpha value is -2.16. The van der Waals surface area contributed by atoms with Gasteiger partial charge in [0.1, 0.15) is 0 Å². The number of aromatic amines is 1. The summed E-state index contributed by atoms with van der Waals surface area (Å²) in [5.41, 5.74) is 1.90. The molecule has 0 bridgehead atoms. The zero-order valence-corrected chi connectivity index (χ0v) is 9.78. The standard InChI is InChI=1S/C14H13NO2/c1-9-8-10(2)15-14(17)12(9)13(16)11-6-4-3-5-7-11/h3-8H,1-2H3,(H,15,17). The number of aryl methyl sites for hydroxylation is 2. The van der Waals surface area contributed by atoms with Gasteiger partial charge in [0.15, 0.2) is 5.78 Å². The van der Waals surface area contributed by atoms with Gasteiger partial charge < -0.3 is 4.98 Å². The van der Waals surface area contributed by atoms with Gasteiger partial charge in [0, 0.05) is 11.3 Å². The molecule has 0 amide bonds. The molecule has 0 unspecified atom stereocenters. The fourth-order valence-electron chi connectivity index (χ4n) is 1.87. The van der Waals surface area contributed by atoms with Crippen LogP contribution >= 0.6 is 0 Å². The minimum atomic E-state index is -0.323. The lowest BCUT2D eigenvalue weighted by molar-refractivity contribution is 0.103. The largest absolute Gasteiger partial charge is 0.326 e. The maximum Gasteiger partial charge on any atom is 0.259 e. The molecule has 3 heteroatoms. The molecular weight excluding hydrogens is 214 g/mol. The molecule has 2 aromatic rings. The molecule has 0 saturated heterocycles. The minimum absolute atomic E-state index is 0.224. The van der Waals surface area contributed by atoms with E-state index in [1.165, 1.54) is 0 Å². The highest BCUT2D eigenvalue weighted by Gasteiger charge is 2.15. The van der Waals surface area contributed by atoms with Crippen molar-refractivity contribution in [1.82, 2.24) is 4.98 Å². The van der Waals surface area contributed by atoms with Crippen molar-refractivity contribution >= 4 is 5.78 Å². The van der Waals surface area contributed by atoms with E-state index in [2.05, 4.69) is 4.98 Å². The summed E-state index contributed by atoms with van der Waals surface area (Å²) < 4.78 is 0. The summed E-state index contributed by atoms with van der Waals surface area (Å²) in [7, 11) is 0. The van der Waals surface area contributed by atoms with Gasteiger partial charge in [-0.2, -0.15) is 0 Å². The van der Waals surface area contributed by atoms with Gasteiger partial charge in [0.2, 0.25) is 0 Å². The van der Waals surface area contributed by atoms with Crippen molar-refractivity contribution in [2.24, 2.45) is 0 Å². The van der Waals surface area contributed by atoms with Gasteiger partial charge in [0.25, 0.3) is 5.56 Å². The number of carbonyl (C=O) groups is 1. The predicted molar refractivity (Wildman–Crippen MR) is 66.4 cm³/mol. The topological polar surface area (TPSA) is 49.9 Å². The van der Waals surface area contributed by atoms with Crippen molar-refractivity contribution < 1.29 is 4.79 Å². The molecule has 1 aromatic carbocycles. The van der Waals surface area contributed by atoms with E-state index in [1.807, 2.05) is 6.07 Å². The molecule has 86 valence electrons. The Morgan fingerprint density at radius 2 is 1.76 bits per heavy atom. The quantitative estimate of drug-likeness (QED) is 0.800. The van der Waals surface area contributed by atoms with E-state index in [0.717, 1.165) is 5.69 Å². The van der Waals surface area contributed by atoms with Crippen molar-refractivity contribution in [3.8, 4) is 0 Å². The second-order valence-corrected chi connectivity index (χ2v) is 4.03. The van der Waals surface area contributed by atoms with Crippen LogP contribution in [0, 0.1) is 13.8 Å². The van der Waals surface area contributed by atoms with Crippen LogP contribution in [-0.2, 0) is 0 Å². The van der Waals surface area contributed by atoms with Crippen LogP contribution in [0.3, 0.4) is 0 Å². The van der Waals surface area contributed by atoms with E-state index in [9.17, 15) is 9.59 Å². The Morgan fingerprint density at radius 3 is 2.35 bits per heavy atom. The summed E-state index contributed by atoms with van der Waals surface area (Å²) in [5.74, 6) is -0.232. The molecule has 0 fully saturated rings. The Bertz CT molecular complexity index is 612. The first-order valence-electron chi connectivity index (χ1n) is 5.40. The number of hydrogen-bond donors (Lipinski definition) is 1. The second-order valence-electron chi connectivity index (χ2n) is 4.03. The average molecular weight is 227 g/mol. The van der Waals surface area contributed by atoms with Crippen LogP contribution in [0.25, 0.3) is 0 Å². The predicted octanol–water partition coefficient (Wildman–Crippen LogP) is 2.22. The summed E-state index contributed by atoms with van der Waals surface area (Å²) in [6.07, 6.45) is 0. The van der Waals surface area contributed by atoms with E-state index < -0.39 is 0 Å². The molecule has 2 rings (SSSR count). The van der Waals surface area contributed by atoms with E-state index >= 15 is 0 Å². The van der Waals surface area contributed by atoms with Gasteiger partial charge in [-0.05, 0) is 25.5 Å². The third-order valence-corrected chi connectivity index (χ3v) is 2.63. The number of benzene rings is 1. The number of aromatic nitrogens is 1. The first kappa shape index (κ1) is 11.3. The van der Waals surface area contributed by atoms with Crippen LogP contribution in [-0.4, -0.2) is 10.8 Å². The van der Waals surface area contributed by atoms with Gasteiger partial charge >= 0.3 is 0 Å². The van der Waals surface area contributed by atoms with Gasteiger partial charge in [-0.1, -0.05) is 30.3 Å². The molecule has 0 aliphatic heterocycles. The first-order chi connectivity index (χ1) is 8.09. The molecular formula is C14H13NO2. The Kier molecular flexibility index (Phi) is 2.91. The van der Waals surface area contributed by atoms with Crippen molar-refractivity contribution in [2.75, 3.05) is 0 Å². The van der Waals surface area contributed by atoms with E-state index in [4.69, 9.17) is 0 Å². The van der Waals surface area contributed by atoms with Crippen molar-refractivity contribution in [3.63, 3.8) is 0 Å². The monoisotopic (exact) mass is 227 g/mol. The Morgan fingerprint density at radius 1 is 1.12 bits per heavy atom. The fourth-order valence-corrected chi connectivity index (χ4v) is 1.87. The normalized spacial score (nSPS) is 10.2. The van der Waals surface area contributed by atoms with E-state index in [1.54, 1.807) is 44.2 Å². The molecule has 0 aliphatic rings. The molecule has 0 radical (unpaired) electrons. The number of rotatable bonds is 2. The molecule has 0 atom stereocenters. The maximum absolute atomic E-state index is 12.2. The first-order valence-corrected chi connectivity index (χ1v) is 5.40. The van der Waals surface area contributed by atoms with E-state index in [0.29, 0.717) is 11.1 Å². The van der Waals surface area contributed by atoms with Crippen LogP contribution in [0.15, 0.2) is 41.2 Å².